The maximum Gasteiger partial charge on any atom is 0.573 e. The van der Waals surface area contributed by atoms with Gasteiger partial charge >= 0.3 is 12.7 Å². The molecule has 8 aromatic rings. The number of hydrogen-bond donors (Lipinski definition) is 4. The number of rotatable bonds is 14. The number of hydrogen-bond acceptors (Lipinski definition) is 14. The number of nitrogens with one attached hydrogen (secondary N) is 4. The molecule has 2 aliphatic rings. The summed E-state index contributed by atoms with van der Waals surface area (Å²) >= 11 is 11.9. The Balaban J connectivity index is 0.000000182. The molecule has 10 rings (SSSR count). The van der Waals surface area contributed by atoms with Gasteiger partial charge in [0, 0.05) is 73.0 Å². The highest BCUT2D eigenvalue weighted by Gasteiger charge is 2.34. The minimum atomic E-state index is -4.73. The zero-order chi connectivity index (χ0) is 52.3. The Morgan fingerprint density at radius 1 is 0.554 bits per heavy atom. The van der Waals surface area contributed by atoms with Gasteiger partial charge in [-0.1, -0.05) is 47.5 Å². The molecule has 384 valence electrons. The van der Waals surface area contributed by atoms with Crippen LogP contribution in [-0.2, 0) is 12.8 Å². The van der Waals surface area contributed by atoms with Crippen LogP contribution in [0.5, 0.6) is 23.0 Å². The number of anilines is 6. The van der Waals surface area contributed by atoms with Gasteiger partial charge in [-0.3, -0.25) is 0 Å². The molecule has 0 aliphatic heterocycles. The van der Waals surface area contributed by atoms with E-state index in [1.807, 2.05) is 36.4 Å². The van der Waals surface area contributed by atoms with Crippen molar-refractivity contribution in [1.29, 1.82) is 0 Å². The van der Waals surface area contributed by atoms with Crippen molar-refractivity contribution >= 4 is 58.1 Å². The van der Waals surface area contributed by atoms with Gasteiger partial charge in [-0.25, -0.2) is 19.9 Å². The maximum absolute atomic E-state index is 12.5. The molecule has 0 spiro atoms. The summed E-state index contributed by atoms with van der Waals surface area (Å²) in [5.41, 5.74) is 8.25. The van der Waals surface area contributed by atoms with Crippen molar-refractivity contribution < 1.29 is 45.3 Å². The maximum atomic E-state index is 12.5. The summed E-state index contributed by atoms with van der Waals surface area (Å²) in [4.78, 5) is 26.9. The summed E-state index contributed by atoms with van der Waals surface area (Å²) in [7, 11) is 6.72. The molecule has 0 saturated heterocycles. The predicted octanol–water partition coefficient (Wildman–Crippen LogP) is 12.2. The van der Waals surface area contributed by atoms with E-state index in [1.54, 1.807) is 86.8 Å². The van der Waals surface area contributed by atoms with Crippen LogP contribution in [0.2, 0.25) is 10.3 Å². The third-order valence-corrected chi connectivity index (χ3v) is 12.5. The SMILES string of the molecule is CNc1nc(Nc2ccc(-n3cnc(Cl)c3)c(OC)c2)nc2c1CC[C@@H]2c1ccc(OC(F)(F)F)cc1.CNc1nc(Nc2ccc(-n3cnc(Cl)c3)c(OC)c2)nc2c1CC[C@H]2c1ccc(OC(F)(F)F)cc1. The Morgan fingerprint density at radius 2 is 0.946 bits per heavy atom. The van der Waals surface area contributed by atoms with E-state index in [4.69, 9.17) is 42.6 Å². The van der Waals surface area contributed by atoms with E-state index in [2.05, 4.69) is 50.7 Å². The standard InChI is InChI=1S/2C25H22ClF3N6O2/c2*1-30-23-18-9-8-17(14-3-6-16(7-4-14)37-25(27,28)29)22(18)33-24(34-23)32-15-5-10-19(20(11-15)36-2)35-12-21(26)31-13-35/h2*3-7,10-13,17H,8-9H2,1-2H3,(H2,30,32,33,34)/t2*17-/m10/s1. The molecular formula is C50H44Cl2F6N12O4. The zero-order valence-electron chi connectivity index (χ0n) is 39.6. The van der Waals surface area contributed by atoms with Crippen molar-refractivity contribution in [2.24, 2.45) is 0 Å². The molecule has 24 heteroatoms. The van der Waals surface area contributed by atoms with Crippen LogP contribution in [0.1, 0.15) is 58.3 Å². The molecule has 0 bridgehead atoms. The first kappa shape index (κ1) is 50.9. The van der Waals surface area contributed by atoms with Gasteiger partial charge in [-0.05, 0) is 85.3 Å². The molecule has 0 fully saturated rings. The fourth-order valence-corrected chi connectivity index (χ4v) is 9.26. The van der Waals surface area contributed by atoms with Gasteiger partial charge in [0.15, 0.2) is 0 Å². The largest absolute Gasteiger partial charge is 0.573 e. The molecule has 2 aliphatic carbocycles. The van der Waals surface area contributed by atoms with Gasteiger partial charge in [0.05, 0.1) is 37.0 Å². The van der Waals surface area contributed by atoms with Gasteiger partial charge in [0.2, 0.25) is 11.9 Å². The molecule has 0 unspecified atom stereocenters. The lowest BCUT2D eigenvalue weighted by Crippen LogP contribution is -2.17. The molecule has 4 heterocycles. The highest BCUT2D eigenvalue weighted by molar-refractivity contribution is 6.29. The normalized spacial score (nSPS) is 14.8. The first-order chi connectivity index (χ1) is 35.5. The van der Waals surface area contributed by atoms with Crippen molar-refractivity contribution in [3.05, 3.63) is 154 Å². The summed E-state index contributed by atoms with van der Waals surface area (Å²) in [6.07, 6.45) is 0.0908. The number of halogens is 8. The number of fused-ring (bicyclic) bond motifs is 2. The van der Waals surface area contributed by atoms with E-state index < -0.39 is 12.7 Å². The molecule has 74 heavy (non-hydrogen) atoms. The van der Waals surface area contributed by atoms with Gasteiger partial charge in [-0.15, -0.1) is 26.3 Å². The minimum absolute atomic E-state index is 0.0894. The molecule has 16 nitrogen and oxygen atoms in total. The average molecular weight is 1060 g/mol. The van der Waals surface area contributed by atoms with E-state index in [9.17, 15) is 26.3 Å². The summed E-state index contributed by atoms with van der Waals surface area (Å²) in [6, 6.07) is 22.9. The zero-order valence-corrected chi connectivity index (χ0v) is 41.1. The van der Waals surface area contributed by atoms with Crippen LogP contribution in [0.3, 0.4) is 0 Å². The molecular weight excluding hydrogens is 1020 g/mol. The Kier molecular flexibility index (Phi) is 14.6. The van der Waals surface area contributed by atoms with Gasteiger partial charge in [0.1, 0.15) is 57.6 Å². The van der Waals surface area contributed by atoms with Crippen LogP contribution in [0, 0.1) is 0 Å². The van der Waals surface area contributed by atoms with E-state index in [0.29, 0.717) is 56.7 Å². The van der Waals surface area contributed by atoms with Crippen LogP contribution in [0.25, 0.3) is 11.4 Å². The first-order valence-corrected chi connectivity index (χ1v) is 23.4. The highest BCUT2D eigenvalue weighted by atomic mass is 35.5. The number of alkyl halides is 6. The summed E-state index contributed by atoms with van der Waals surface area (Å²) in [5.74, 6) is 2.65. The quantitative estimate of drug-likeness (QED) is 0.0758. The fraction of sp³-hybridized carbons (Fsp3) is 0.240. The second kappa shape index (κ2) is 21.2. The van der Waals surface area contributed by atoms with E-state index in [0.717, 1.165) is 70.7 Å². The molecule has 0 radical (unpaired) electrons. The van der Waals surface area contributed by atoms with Gasteiger partial charge in [0.25, 0.3) is 0 Å². The number of imidazole rings is 2. The first-order valence-electron chi connectivity index (χ1n) is 22.7. The number of benzene rings is 4. The lowest BCUT2D eigenvalue weighted by molar-refractivity contribution is -0.275. The Labute approximate surface area is 429 Å². The Morgan fingerprint density at radius 3 is 1.27 bits per heavy atom. The fourth-order valence-electron chi connectivity index (χ4n) is 8.96. The smallest absolute Gasteiger partial charge is 0.494 e. The summed E-state index contributed by atoms with van der Waals surface area (Å²) in [6.45, 7) is 0. The molecule has 2 atom stereocenters. The molecule has 4 aromatic heterocycles. The van der Waals surface area contributed by atoms with E-state index in [-0.39, 0.29) is 23.3 Å². The molecule has 4 aromatic carbocycles. The third kappa shape index (κ3) is 11.6. The number of ether oxygens (including phenoxy) is 4. The van der Waals surface area contributed by atoms with E-state index >= 15 is 0 Å². The number of aromatic nitrogens is 8. The van der Waals surface area contributed by atoms with Crippen LogP contribution >= 0.6 is 23.2 Å². The third-order valence-electron chi connectivity index (χ3n) is 12.1. The number of methoxy groups -OCH3 is 2. The Bertz CT molecular complexity index is 3070. The average Bonchev–Trinajstić information content (AvgIpc) is 4.21. The van der Waals surface area contributed by atoms with Crippen LogP contribution in [0.4, 0.5) is 61.2 Å². The van der Waals surface area contributed by atoms with Crippen molar-refractivity contribution in [2.45, 2.75) is 50.2 Å². The van der Waals surface area contributed by atoms with Crippen molar-refractivity contribution in [3.8, 4) is 34.4 Å². The lowest BCUT2D eigenvalue weighted by Gasteiger charge is -2.16. The summed E-state index contributed by atoms with van der Waals surface area (Å²) < 4.78 is 97.8. The monoisotopic (exact) mass is 1060 g/mol. The number of nitrogens with zero attached hydrogens (tertiary/aromatic N) is 8. The van der Waals surface area contributed by atoms with Crippen molar-refractivity contribution in [3.63, 3.8) is 0 Å². The van der Waals surface area contributed by atoms with Crippen LogP contribution < -0.4 is 40.2 Å². The topological polar surface area (TPSA) is 172 Å². The van der Waals surface area contributed by atoms with Gasteiger partial charge in [-0.2, -0.15) is 9.97 Å². The molecule has 4 N–H and O–H groups in total. The van der Waals surface area contributed by atoms with Crippen molar-refractivity contribution in [1.82, 2.24) is 39.0 Å². The minimum Gasteiger partial charge on any atom is -0.494 e. The van der Waals surface area contributed by atoms with Crippen LogP contribution in [-0.4, -0.2) is 80.1 Å². The predicted molar refractivity (Wildman–Crippen MR) is 267 cm³/mol. The second-order valence-corrected chi connectivity index (χ2v) is 17.4. The highest BCUT2D eigenvalue weighted by Crippen LogP contribution is 2.43. The molecule has 0 amide bonds. The van der Waals surface area contributed by atoms with Crippen LogP contribution in [0.15, 0.2) is 110 Å². The summed E-state index contributed by atoms with van der Waals surface area (Å²) in [5, 5.41) is 13.5. The Hall–Kier alpha value is -7.98. The second-order valence-electron chi connectivity index (χ2n) is 16.7. The molecule has 0 saturated carbocycles. The van der Waals surface area contributed by atoms with E-state index in [1.165, 1.54) is 24.3 Å². The van der Waals surface area contributed by atoms with Gasteiger partial charge < -0.3 is 49.3 Å². The van der Waals surface area contributed by atoms with Crippen molar-refractivity contribution in [2.75, 3.05) is 49.6 Å². The lowest BCUT2D eigenvalue weighted by atomic mass is 9.96.